The van der Waals surface area contributed by atoms with Crippen LogP contribution in [-0.2, 0) is 6.18 Å². The predicted octanol–water partition coefficient (Wildman–Crippen LogP) is 4.26. The fourth-order valence-electron chi connectivity index (χ4n) is 3.13. The molecule has 148 valence electrons. The predicted molar refractivity (Wildman–Crippen MR) is 101 cm³/mol. The third-order valence-corrected chi connectivity index (χ3v) is 4.66. The number of halogens is 3. The summed E-state index contributed by atoms with van der Waals surface area (Å²) in [4.78, 5) is 26.9. The zero-order chi connectivity index (χ0) is 20.3. The molecular weight excluding hydrogens is 371 g/mol. The number of carbonyl (C=O) groups excluding carboxylic acids is 2. The van der Waals surface area contributed by atoms with Crippen LogP contribution in [0.1, 0.15) is 22.8 Å². The molecule has 1 aliphatic heterocycles. The van der Waals surface area contributed by atoms with Crippen molar-refractivity contribution in [3.8, 4) is 0 Å². The number of urea groups is 1. The summed E-state index contributed by atoms with van der Waals surface area (Å²) in [5.74, 6) is -0.0619. The average Bonchev–Trinajstić information content (AvgIpc) is 2.68. The molecule has 1 N–H and O–H groups in total. The first-order chi connectivity index (χ1) is 13.3. The van der Waals surface area contributed by atoms with Gasteiger partial charge in [0.05, 0.1) is 5.56 Å². The highest BCUT2D eigenvalue weighted by Crippen LogP contribution is 2.36. The first-order valence-corrected chi connectivity index (χ1v) is 8.84. The molecule has 1 aliphatic rings. The maximum Gasteiger partial charge on any atom is 0.418 e. The smallest absolute Gasteiger partial charge is 0.367 e. The third-order valence-electron chi connectivity index (χ3n) is 4.66. The van der Waals surface area contributed by atoms with Crippen LogP contribution in [-0.4, -0.2) is 42.9 Å². The summed E-state index contributed by atoms with van der Waals surface area (Å²) in [6.07, 6.45) is -4.42. The summed E-state index contributed by atoms with van der Waals surface area (Å²) in [7, 11) is 0. The van der Waals surface area contributed by atoms with E-state index in [0.717, 1.165) is 6.07 Å². The molecule has 28 heavy (non-hydrogen) atoms. The molecule has 2 amide bonds. The first-order valence-electron chi connectivity index (χ1n) is 8.84. The van der Waals surface area contributed by atoms with E-state index >= 15 is 0 Å². The van der Waals surface area contributed by atoms with Gasteiger partial charge in [-0.3, -0.25) is 4.79 Å². The molecule has 0 bridgehead atoms. The summed E-state index contributed by atoms with van der Waals surface area (Å²) in [6, 6.07) is 11.7. The monoisotopic (exact) mass is 391 g/mol. The Morgan fingerprint density at radius 3 is 2.11 bits per heavy atom. The van der Waals surface area contributed by atoms with Crippen LogP contribution in [0.2, 0.25) is 0 Å². The maximum absolute atomic E-state index is 13.2. The van der Waals surface area contributed by atoms with E-state index in [1.165, 1.54) is 19.1 Å². The molecule has 1 saturated heterocycles. The van der Waals surface area contributed by atoms with Crippen molar-refractivity contribution in [2.75, 3.05) is 36.4 Å². The molecule has 0 aromatic heterocycles. The van der Waals surface area contributed by atoms with Crippen LogP contribution in [0.3, 0.4) is 0 Å². The van der Waals surface area contributed by atoms with Crippen LogP contribution in [0.5, 0.6) is 0 Å². The normalized spacial score (nSPS) is 14.7. The van der Waals surface area contributed by atoms with Gasteiger partial charge in [-0.1, -0.05) is 12.1 Å². The van der Waals surface area contributed by atoms with Crippen molar-refractivity contribution < 1.29 is 22.8 Å². The molecule has 2 aromatic carbocycles. The van der Waals surface area contributed by atoms with E-state index in [0.29, 0.717) is 37.4 Å². The summed E-state index contributed by atoms with van der Waals surface area (Å²) in [5.41, 5.74) is 0.572. The molecule has 0 saturated carbocycles. The van der Waals surface area contributed by atoms with Crippen LogP contribution in [0.25, 0.3) is 0 Å². The van der Waals surface area contributed by atoms with Gasteiger partial charge in [0.2, 0.25) is 0 Å². The number of piperazine rings is 1. The molecule has 0 spiro atoms. The Morgan fingerprint density at radius 2 is 1.54 bits per heavy atom. The number of benzene rings is 2. The molecule has 3 rings (SSSR count). The van der Waals surface area contributed by atoms with Gasteiger partial charge in [0.15, 0.2) is 5.78 Å². The number of carbonyl (C=O) groups is 2. The van der Waals surface area contributed by atoms with E-state index in [4.69, 9.17) is 0 Å². The van der Waals surface area contributed by atoms with E-state index in [1.807, 2.05) is 0 Å². The maximum atomic E-state index is 13.2. The topological polar surface area (TPSA) is 52.7 Å². The Morgan fingerprint density at radius 1 is 0.929 bits per heavy atom. The second kappa shape index (κ2) is 7.92. The Labute approximate surface area is 160 Å². The van der Waals surface area contributed by atoms with Crippen molar-refractivity contribution >= 4 is 23.2 Å². The minimum absolute atomic E-state index is 0.0619. The Balaban J connectivity index is 1.61. The summed E-state index contributed by atoms with van der Waals surface area (Å²) in [5, 5.41) is 2.75. The highest BCUT2D eigenvalue weighted by atomic mass is 19.4. The number of anilines is 2. The lowest BCUT2D eigenvalue weighted by molar-refractivity contribution is -0.137. The number of alkyl halides is 3. The molecule has 8 heteroatoms. The van der Waals surface area contributed by atoms with E-state index in [9.17, 15) is 22.8 Å². The van der Waals surface area contributed by atoms with E-state index in [1.54, 1.807) is 40.1 Å². The van der Waals surface area contributed by atoms with Gasteiger partial charge in [-0.2, -0.15) is 13.2 Å². The van der Waals surface area contributed by atoms with Gasteiger partial charge in [-0.25, -0.2) is 4.79 Å². The Hall–Kier alpha value is -3.03. The number of amides is 2. The first kappa shape index (κ1) is 19.7. The largest absolute Gasteiger partial charge is 0.418 e. The van der Waals surface area contributed by atoms with E-state index in [2.05, 4.69) is 5.32 Å². The van der Waals surface area contributed by atoms with Crippen molar-refractivity contribution in [3.05, 3.63) is 59.7 Å². The minimum Gasteiger partial charge on any atom is -0.367 e. The molecule has 1 fully saturated rings. The molecule has 0 unspecified atom stereocenters. The Kier molecular flexibility index (Phi) is 5.58. The zero-order valence-electron chi connectivity index (χ0n) is 15.3. The SMILES string of the molecule is CC(=O)c1ccc(NC(=O)N2CCN(c3ccccc3C(F)(F)F)CC2)cc1. The number of nitrogens with one attached hydrogen (secondary N) is 1. The second-order valence-corrected chi connectivity index (χ2v) is 6.55. The number of hydrogen-bond acceptors (Lipinski definition) is 3. The molecule has 0 aliphatic carbocycles. The number of para-hydroxylation sites is 1. The van der Waals surface area contributed by atoms with Gasteiger partial charge in [-0.05, 0) is 43.3 Å². The van der Waals surface area contributed by atoms with Gasteiger partial charge in [-0.15, -0.1) is 0 Å². The summed E-state index contributed by atoms with van der Waals surface area (Å²) < 4.78 is 39.6. The van der Waals surface area contributed by atoms with Crippen molar-refractivity contribution in [3.63, 3.8) is 0 Å². The van der Waals surface area contributed by atoms with Crippen molar-refractivity contribution in [1.29, 1.82) is 0 Å². The number of Topliss-reactive ketones (excluding diaryl/α,β-unsaturated/α-hetero) is 1. The molecule has 5 nitrogen and oxygen atoms in total. The fourth-order valence-corrected chi connectivity index (χ4v) is 3.13. The summed E-state index contributed by atoms with van der Waals surface area (Å²) >= 11 is 0. The van der Waals surface area contributed by atoms with Crippen LogP contribution in [0, 0.1) is 0 Å². The number of hydrogen-bond donors (Lipinski definition) is 1. The lowest BCUT2D eigenvalue weighted by Crippen LogP contribution is -2.50. The van der Waals surface area contributed by atoms with E-state index < -0.39 is 11.7 Å². The number of nitrogens with zero attached hydrogens (tertiary/aromatic N) is 2. The number of rotatable bonds is 3. The van der Waals surface area contributed by atoms with Crippen LogP contribution in [0.15, 0.2) is 48.5 Å². The fraction of sp³-hybridized carbons (Fsp3) is 0.300. The van der Waals surface area contributed by atoms with Crippen LogP contribution < -0.4 is 10.2 Å². The molecular formula is C20H20F3N3O2. The second-order valence-electron chi connectivity index (χ2n) is 6.55. The zero-order valence-corrected chi connectivity index (χ0v) is 15.3. The van der Waals surface area contributed by atoms with Gasteiger partial charge in [0.25, 0.3) is 0 Å². The third kappa shape index (κ3) is 4.44. The molecule has 2 aromatic rings. The van der Waals surface area contributed by atoms with Crippen molar-refractivity contribution in [2.45, 2.75) is 13.1 Å². The van der Waals surface area contributed by atoms with Crippen LogP contribution >= 0.6 is 0 Å². The highest BCUT2D eigenvalue weighted by molar-refractivity contribution is 5.95. The van der Waals surface area contributed by atoms with Crippen molar-refractivity contribution in [2.24, 2.45) is 0 Å². The minimum atomic E-state index is -4.42. The van der Waals surface area contributed by atoms with Gasteiger partial charge >= 0.3 is 12.2 Å². The molecule has 0 radical (unpaired) electrons. The standard InChI is InChI=1S/C20H20F3N3O2/c1-14(27)15-6-8-16(9-7-15)24-19(28)26-12-10-25(11-13-26)18-5-3-2-4-17(18)20(21,22)23/h2-9H,10-13H2,1H3,(H,24,28). The van der Waals surface area contributed by atoms with Crippen LogP contribution in [0.4, 0.5) is 29.3 Å². The van der Waals surface area contributed by atoms with Gasteiger partial charge in [0.1, 0.15) is 0 Å². The summed E-state index contributed by atoms with van der Waals surface area (Å²) in [6.45, 7) is 2.70. The molecule has 0 atom stereocenters. The van der Waals surface area contributed by atoms with E-state index in [-0.39, 0.29) is 17.5 Å². The van der Waals surface area contributed by atoms with Gasteiger partial charge in [0, 0.05) is 43.1 Å². The molecule has 1 heterocycles. The lowest BCUT2D eigenvalue weighted by atomic mass is 10.1. The Bertz CT molecular complexity index is 858. The lowest BCUT2D eigenvalue weighted by Gasteiger charge is -2.37. The van der Waals surface area contributed by atoms with Crippen molar-refractivity contribution in [1.82, 2.24) is 4.90 Å². The quantitative estimate of drug-likeness (QED) is 0.796. The highest BCUT2D eigenvalue weighted by Gasteiger charge is 2.35. The average molecular weight is 391 g/mol. The van der Waals surface area contributed by atoms with Gasteiger partial charge < -0.3 is 15.1 Å². The number of ketones is 1.